The predicted molar refractivity (Wildman–Crippen MR) is 98.5 cm³/mol. The highest BCUT2D eigenvalue weighted by atomic mass is 19.1. The fourth-order valence-electron chi connectivity index (χ4n) is 5.06. The number of carbonyl (C=O) groups excluding carboxylic acids is 2. The minimum Gasteiger partial charge on any atom is -0.378 e. The molecule has 0 aromatic heterocycles. The summed E-state index contributed by atoms with van der Waals surface area (Å²) in [5.74, 6) is -0.0232. The fourth-order valence-corrected chi connectivity index (χ4v) is 5.06. The van der Waals surface area contributed by atoms with Crippen molar-refractivity contribution in [2.45, 2.75) is 32.1 Å². The second kappa shape index (κ2) is 7.58. The van der Waals surface area contributed by atoms with Gasteiger partial charge in [0.1, 0.15) is 5.82 Å². The van der Waals surface area contributed by atoms with Gasteiger partial charge in [0, 0.05) is 37.5 Å². The van der Waals surface area contributed by atoms with E-state index in [4.69, 9.17) is 4.74 Å². The number of hydrogen-bond donors (Lipinski definition) is 0. The lowest BCUT2D eigenvalue weighted by Gasteiger charge is -2.36. The Morgan fingerprint density at radius 1 is 1.15 bits per heavy atom. The highest BCUT2D eigenvalue weighted by Crippen LogP contribution is 2.50. The second-order valence-corrected chi connectivity index (χ2v) is 8.12. The Bertz CT molecular complexity index is 719. The second-order valence-electron chi connectivity index (χ2n) is 8.12. The maximum Gasteiger partial charge on any atom is 0.227 e. The van der Waals surface area contributed by atoms with Crippen molar-refractivity contribution in [2.24, 2.45) is 11.3 Å². The molecule has 3 fully saturated rings. The molecule has 146 valence electrons. The van der Waals surface area contributed by atoms with E-state index in [2.05, 4.69) is 0 Å². The summed E-state index contributed by atoms with van der Waals surface area (Å²) in [6.07, 6.45) is 4.09. The van der Waals surface area contributed by atoms with Gasteiger partial charge in [-0.2, -0.15) is 0 Å². The van der Waals surface area contributed by atoms with Gasteiger partial charge in [0.15, 0.2) is 0 Å². The Hall–Kier alpha value is -1.95. The summed E-state index contributed by atoms with van der Waals surface area (Å²) in [7, 11) is 0. The van der Waals surface area contributed by atoms with Gasteiger partial charge in [-0.25, -0.2) is 4.39 Å². The van der Waals surface area contributed by atoms with Gasteiger partial charge < -0.3 is 14.5 Å². The fraction of sp³-hybridized carbons (Fsp3) is 0.619. The first-order valence-corrected chi connectivity index (χ1v) is 9.96. The van der Waals surface area contributed by atoms with Crippen LogP contribution in [0.2, 0.25) is 0 Å². The maximum atomic E-state index is 13.4. The Labute approximate surface area is 159 Å². The quantitative estimate of drug-likeness (QED) is 0.815. The molecule has 1 aromatic carbocycles. The van der Waals surface area contributed by atoms with E-state index in [0.29, 0.717) is 45.0 Å². The molecular formula is C21H27FN2O3. The van der Waals surface area contributed by atoms with Crippen molar-refractivity contribution in [1.29, 1.82) is 0 Å². The molecule has 3 aliphatic rings. The third-order valence-electron chi connectivity index (χ3n) is 6.51. The van der Waals surface area contributed by atoms with Crippen LogP contribution in [0.1, 0.15) is 31.2 Å². The zero-order valence-corrected chi connectivity index (χ0v) is 15.7. The van der Waals surface area contributed by atoms with E-state index >= 15 is 0 Å². The molecule has 6 heteroatoms. The van der Waals surface area contributed by atoms with Gasteiger partial charge in [-0.05, 0) is 37.0 Å². The molecule has 4 rings (SSSR count). The third-order valence-corrected chi connectivity index (χ3v) is 6.51. The lowest BCUT2D eigenvalue weighted by atomic mass is 9.76. The monoisotopic (exact) mass is 374 g/mol. The van der Waals surface area contributed by atoms with Crippen LogP contribution in [0, 0.1) is 17.2 Å². The molecule has 5 nitrogen and oxygen atoms in total. The largest absolute Gasteiger partial charge is 0.378 e. The summed E-state index contributed by atoms with van der Waals surface area (Å²) < 4.78 is 18.7. The van der Waals surface area contributed by atoms with Gasteiger partial charge in [-0.15, -0.1) is 0 Å². The van der Waals surface area contributed by atoms with Gasteiger partial charge in [-0.3, -0.25) is 9.59 Å². The van der Waals surface area contributed by atoms with Crippen LogP contribution < -0.4 is 0 Å². The minimum atomic E-state index is -0.315. The average Bonchev–Trinajstić information content (AvgIpc) is 3.29. The van der Waals surface area contributed by atoms with Crippen molar-refractivity contribution in [1.82, 2.24) is 9.80 Å². The van der Waals surface area contributed by atoms with Crippen LogP contribution in [0.3, 0.4) is 0 Å². The maximum absolute atomic E-state index is 13.4. The lowest BCUT2D eigenvalue weighted by molar-refractivity contribution is -0.143. The average molecular weight is 374 g/mol. The first kappa shape index (κ1) is 18.4. The number of amides is 2. The molecule has 2 atom stereocenters. The number of hydrogen-bond acceptors (Lipinski definition) is 3. The summed E-state index contributed by atoms with van der Waals surface area (Å²) in [5, 5.41) is 0. The molecule has 2 amide bonds. The van der Waals surface area contributed by atoms with E-state index < -0.39 is 0 Å². The van der Waals surface area contributed by atoms with Crippen molar-refractivity contribution in [3.8, 4) is 0 Å². The highest BCUT2D eigenvalue weighted by molar-refractivity contribution is 5.82. The molecule has 27 heavy (non-hydrogen) atoms. The molecule has 1 aromatic rings. The normalized spacial score (nSPS) is 28.1. The van der Waals surface area contributed by atoms with Crippen LogP contribution in [0.4, 0.5) is 4.39 Å². The van der Waals surface area contributed by atoms with Gasteiger partial charge in [0.25, 0.3) is 0 Å². The van der Waals surface area contributed by atoms with Gasteiger partial charge in [0.05, 0.1) is 19.6 Å². The molecule has 0 radical (unpaired) electrons. The van der Waals surface area contributed by atoms with E-state index in [1.807, 2.05) is 9.80 Å². The number of ether oxygens (including phenoxy) is 1. The Balaban J connectivity index is 1.42. The summed E-state index contributed by atoms with van der Waals surface area (Å²) in [4.78, 5) is 29.7. The first-order valence-electron chi connectivity index (χ1n) is 9.96. The van der Waals surface area contributed by atoms with Gasteiger partial charge in [0.2, 0.25) is 11.8 Å². The van der Waals surface area contributed by atoms with Crippen LogP contribution in [-0.2, 0) is 20.7 Å². The van der Waals surface area contributed by atoms with Crippen molar-refractivity contribution in [3.63, 3.8) is 0 Å². The molecule has 2 heterocycles. The van der Waals surface area contributed by atoms with Gasteiger partial charge in [-0.1, -0.05) is 18.6 Å². The number of morpholine rings is 1. The summed E-state index contributed by atoms with van der Waals surface area (Å²) in [6, 6.07) is 6.23. The Kier molecular flexibility index (Phi) is 5.17. The van der Waals surface area contributed by atoms with Crippen LogP contribution in [0.15, 0.2) is 24.3 Å². The van der Waals surface area contributed by atoms with Crippen molar-refractivity contribution in [3.05, 3.63) is 35.6 Å². The van der Waals surface area contributed by atoms with E-state index in [1.54, 1.807) is 12.1 Å². The first-order chi connectivity index (χ1) is 13.1. The topological polar surface area (TPSA) is 49.9 Å². The molecule has 2 aliphatic heterocycles. The van der Waals surface area contributed by atoms with Crippen LogP contribution >= 0.6 is 0 Å². The van der Waals surface area contributed by atoms with E-state index in [1.165, 1.54) is 12.1 Å². The predicted octanol–water partition coefficient (Wildman–Crippen LogP) is 2.25. The molecule has 2 saturated heterocycles. The highest BCUT2D eigenvalue weighted by Gasteiger charge is 2.52. The molecule has 1 spiro atoms. The smallest absolute Gasteiger partial charge is 0.227 e. The summed E-state index contributed by atoms with van der Waals surface area (Å²) in [6.45, 7) is 3.93. The van der Waals surface area contributed by atoms with Crippen molar-refractivity contribution < 1.29 is 18.7 Å². The standard InChI is InChI=1S/C21H27FN2O3/c22-17-4-1-3-16(13-17)14-19(25)24-8-7-21(15-24)6-2-5-18(21)20(26)23-9-11-27-12-10-23/h1,3-4,13,18H,2,5-12,14-15H2/t18-,21+/m0/s1. The molecule has 0 N–H and O–H groups in total. The number of carbonyl (C=O) groups is 2. The minimum absolute atomic E-state index is 0.0163. The number of benzene rings is 1. The third kappa shape index (κ3) is 3.72. The van der Waals surface area contributed by atoms with E-state index in [-0.39, 0.29) is 35.4 Å². The summed E-state index contributed by atoms with van der Waals surface area (Å²) in [5.41, 5.74) is 0.626. The zero-order chi connectivity index (χ0) is 18.9. The van der Waals surface area contributed by atoms with Crippen molar-refractivity contribution in [2.75, 3.05) is 39.4 Å². The van der Waals surface area contributed by atoms with Crippen LogP contribution in [0.25, 0.3) is 0 Å². The van der Waals surface area contributed by atoms with E-state index in [9.17, 15) is 14.0 Å². The van der Waals surface area contributed by atoms with Crippen molar-refractivity contribution >= 4 is 11.8 Å². The number of likely N-dealkylation sites (tertiary alicyclic amines) is 1. The van der Waals surface area contributed by atoms with Gasteiger partial charge >= 0.3 is 0 Å². The Morgan fingerprint density at radius 3 is 2.74 bits per heavy atom. The molecular weight excluding hydrogens is 347 g/mol. The SMILES string of the molecule is O=C(Cc1cccc(F)c1)N1CC[C@]2(CCC[C@H]2C(=O)N2CCOCC2)C1. The van der Waals surface area contributed by atoms with Crippen LogP contribution in [-0.4, -0.2) is 61.0 Å². The molecule has 1 aliphatic carbocycles. The lowest BCUT2D eigenvalue weighted by Crippen LogP contribution is -2.47. The molecule has 0 unspecified atom stereocenters. The van der Waals surface area contributed by atoms with E-state index in [0.717, 1.165) is 25.7 Å². The number of halogens is 1. The zero-order valence-electron chi connectivity index (χ0n) is 15.7. The molecule has 0 bridgehead atoms. The number of nitrogens with zero attached hydrogens (tertiary/aromatic N) is 2. The number of rotatable bonds is 3. The van der Waals surface area contributed by atoms with Crippen LogP contribution in [0.5, 0.6) is 0 Å². The molecule has 1 saturated carbocycles. The Morgan fingerprint density at radius 2 is 1.96 bits per heavy atom. The summed E-state index contributed by atoms with van der Waals surface area (Å²) >= 11 is 0.